The van der Waals surface area contributed by atoms with E-state index in [9.17, 15) is 4.79 Å². The van der Waals surface area contributed by atoms with Crippen LogP contribution in [0, 0.1) is 0 Å². The molecule has 0 aromatic heterocycles. The first-order valence-corrected chi connectivity index (χ1v) is 5.98. The highest BCUT2D eigenvalue weighted by molar-refractivity contribution is 9.10. The molecule has 1 aromatic carbocycles. The molecule has 1 heterocycles. The number of carbonyl (C=O) groups is 1. The summed E-state index contributed by atoms with van der Waals surface area (Å²) in [6.45, 7) is 1.82. The first kappa shape index (κ1) is 12.5. The van der Waals surface area contributed by atoms with Gasteiger partial charge in [0.25, 0.3) is 5.91 Å². The van der Waals surface area contributed by atoms with E-state index < -0.39 is 0 Å². The molecule has 0 unspecified atom stereocenters. The maximum Gasteiger partial charge on any atom is 0.265 e. The van der Waals surface area contributed by atoms with Gasteiger partial charge in [-0.05, 0) is 17.7 Å². The van der Waals surface area contributed by atoms with E-state index in [-0.39, 0.29) is 12.0 Å². The number of nitrogen functional groups attached to an aromatic ring is 1. The maximum absolute atomic E-state index is 11.3. The van der Waals surface area contributed by atoms with Gasteiger partial charge in [0.1, 0.15) is 6.10 Å². The number of nitrogens with one attached hydrogen (secondary N) is 1. The SMILES string of the molecule is NNC(=O)c1ccc(COC2COC2)c(Br)c1. The van der Waals surface area contributed by atoms with Gasteiger partial charge < -0.3 is 9.47 Å². The summed E-state index contributed by atoms with van der Waals surface area (Å²) < 4.78 is 11.4. The van der Waals surface area contributed by atoms with Crippen LogP contribution in [0.15, 0.2) is 22.7 Å². The van der Waals surface area contributed by atoms with Gasteiger partial charge >= 0.3 is 0 Å². The molecular formula is C11H13BrN2O3. The molecule has 0 atom stereocenters. The number of rotatable bonds is 4. The maximum atomic E-state index is 11.3. The Kier molecular flexibility index (Phi) is 4.11. The molecule has 0 spiro atoms. The lowest BCUT2D eigenvalue weighted by atomic mass is 10.1. The minimum absolute atomic E-state index is 0.189. The summed E-state index contributed by atoms with van der Waals surface area (Å²) in [5, 5.41) is 0. The molecule has 2 rings (SSSR count). The Morgan fingerprint density at radius 3 is 2.88 bits per heavy atom. The highest BCUT2D eigenvalue weighted by atomic mass is 79.9. The Bertz CT molecular complexity index is 421. The van der Waals surface area contributed by atoms with E-state index in [0.717, 1.165) is 10.0 Å². The van der Waals surface area contributed by atoms with Crippen molar-refractivity contribution >= 4 is 21.8 Å². The summed E-state index contributed by atoms with van der Waals surface area (Å²) in [7, 11) is 0. The van der Waals surface area contributed by atoms with E-state index in [2.05, 4.69) is 21.4 Å². The summed E-state index contributed by atoms with van der Waals surface area (Å²) in [5.74, 6) is 4.75. The number of hydrogen-bond acceptors (Lipinski definition) is 4. The average Bonchev–Trinajstić information content (AvgIpc) is 2.28. The smallest absolute Gasteiger partial charge is 0.265 e. The molecule has 3 N–H and O–H groups in total. The number of carbonyl (C=O) groups excluding carboxylic acids is 1. The van der Waals surface area contributed by atoms with E-state index >= 15 is 0 Å². The zero-order chi connectivity index (χ0) is 12.3. The summed E-state index contributed by atoms with van der Waals surface area (Å²) in [5.41, 5.74) is 3.59. The number of nitrogens with two attached hydrogens (primary N) is 1. The van der Waals surface area contributed by atoms with Crippen LogP contribution in [0.1, 0.15) is 15.9 Å². The molecule has 0 radical (unpaired) electrons. The second-order valence-electron chi connectivity index (χ2n) is 3.75. The second kappa shape index (κ2) is 5.59. The molecule has 6 heteroatoms. The van der Waals surface area contributed by atoms with E-state index in [0.29, 0.717) is 25.4 Å². The molecule has 5 nitrogen and oxygen atoms in total. The third-order valence-corrected chi connectivity index (χ3v) is 3.27. The highest BCUT2D eigenvalue weighted by Crippen LogP contribution is 2.21. The van der Waals surface area contributed by atoms with Gasteiger partial charge in [-0.25, -0.2) is 5.84 Å². The molecule has 1 aromatic rings. The molecule has 1 saturated heterocycles. The number of benzene rings is 1. The zero-order valence-corrected chi connectivity index (χ0v) is 10.7. The molecule has 0 saturated carbocycles. The molecule has 0 aliphatic carbocycles. The van der Waals surface area contributed by atoms with Crippen molar-refractivity contribution in [1.82, 2.24) is 5.43 Å². The summed E-state index contributed by atoms with van der Waals surface area (Å²) in [4.78, 5) is 11.3. The third kappa shape index (κ3) is 3.04. The van der Waals surface area contributed by atoms with Gasteiger partial charge in [-0.15, -0.1) is 0 Å². The molecule has 92 valence electrons. The number of halogens is 1. The van der Waals surface area contributed by atoms with Crippen molar-refractivity contribution in [3.63, 3.8) is 0 Å². The molecule has 0 bridgehead atoms. The minimum atomic E-state index is -0.314. The van der Waals surface area contributed by atoms with Crippen LogP contribution < -0.4 is 11.3 Å². The van der Waals surface area contributed by atoms with Gasteiger partial charge in [0, 0.05) is 10.0 Å². The topological polar surface area (TPSA) is 73.6 Å². The Morgan fingerprint density at radius 1 is 1.59 bits per heavy atom. The number of ether oxygens (including phenoxy) is 2. The monoisotopic (exact) mass is 300 g/mol. The van der Waals surface area contributed by atoms with Crippen molar-refractivity contribution in [2.24, 2.45) is 5.84 Å². The van der Waals surface area contributed by atoms with E-state index in [4.69, 9.17) is 15.3 Å². The fraction of sp³-hybridized carbons (Fsp3) is 0.364. The summed E-state index contributed by atoms with van der Waals surface area (Å²) in [6, 6.07) is 5.27. The number of amides is 1. The van der Waals surface area contributed by atoms with Crippen LogP contribution in [0.25, 0.3) is 0 Å². The van der Waals surface area contributed by atoms with Crippen LogP contribution in [0.2, 0.25) is 0 Å². The Balaban J connectivity index is 2.00. The predicted octanol–water partition coefficient (Wildman–Crippen LogP) is 0.968. The van der Waals surface area contributed by atoms with Gasteiger partial charge in [0.05, 0.1) is 19.8 Å². The lowest BCUT2D eigenvalue weighted by Crippen LogP contribution is -2.35. The fourth-order valence-electron chi connectivity index (χ4n) is 1.41. The fourth-order valence-corrected chi connectivity index (χ4v) is 1.90. The minimum Gasteiger partial charge on any atom is -0.376 e. The van der Waals surface area contributed by atoms with E-state index in [1.165, 1.54) is 0 Å². The second-order valence-corrected chi connectivity index (χ2v) is 4.60. The van der Waals surface area contributed by atoms with Crippen LogP contribution in [-0.4, -0.2) is 25.2 Å². The van der Waals surface area contributed by atoms with E-state index in [1.54, 1.807) is 12.1 Å². The van der Waals surface area contributed by atoms with Crippen molar-refractivity contribution in [2.75, 3.05) is 13.2 Å². The van der Waals surface area contributed by atoms with Crippen LogP contribution in [0.3, 0.4) is 0 Å². The van der Waals surface area contributed by atoms with Crippen molar-refractivity contribution in [2.45, 2.75) is 12.7 Å². The molecule has 1 aliphatic rings. The molecule has 1 aliphatic heterocycles. The first-order valence-electron chi connectivity index (χ1n) is 5.19. The lowest BCUT2D eigenvalue weighted by Gasteiger charge is -2.26. The van der Waals surface area contributed by atoms with Gasteiger partial charge in [0.2, 0.25) is 0 Å². The van der Waals surface area contributed by atoms with Crippen molar-refractivity contribution in [1.29, 1.82) is 0 Å². The Labute approximate surface area is 107 Å². The zero-order valence-electron chi connectivity index (χ0n) is 9.11. The van der Waals surface area contributed by atoms with Gasteiger partial charge in [0.15, 0.2) is 0 Å². The van der Waals surface area contributed by atoms with Crippen molar-refractivity contribution in [3.05, 3.63) is 33.8 Å². The van der Waals surface area contributed by atoms with Gasteiger partial charge in [-0.3, -0.25) is 10.2 Å². The lowest BCUT2D eigenvalue weighted by molar-refractivity contribution is -0.135. The molecule has 1 fully saturated rings. The highest BCUT2D eigenvalue weighted by Gasteiger charge is 2.19. The first-order chi connectivity index (χ1) is 8.20. The largest absolute Gasteiger partial charge is 0.376 e. The van der Waals surface area contributed by atoms with E-state index in [1.807, 2.05) is 6.07 Å². The predicted molar refractivity (Wildman–Crippen MR) is 65.2 cm³/mol. The quantitative estimate of drug-likeness (QED) is 0.494. The van der Waals surface area contributed by atoms with Crippen molar-refractivity contribution < 1.29 is 14.3 Å². The standard InChI is InChI=1S/C11H13BrN2O3/c12-10-3-7(11(15)14-13)1-2-8(10)4-17-9-5-16-6-9/h1-3,9H,4-6,13H2,(H,14,15). The molecule has 1 amide bonds. The van der Waals surface area contributed by atoms with Crippen LogP contribution >= 0.6 is 15.9 Å². The van der Waals surface area contributed by atoms with Crippen LogP contribution in [0.4, 0.5) is 0 Å². The average molecular weight is 301 g/mol. The number of hydrazine groups is 1. The van der Waals surface area contributed by atoms with Gasteiger partial charge in [-0.1, -0.05) is 22.0 Å². The van der Waals surface area contributed by atoms with Crippen molar-refractivity contribution in [3.8, 4) is 0 Å². The summed E-state index contributed by atoms with van der Waals surface area (Å²) >= 11 is 3.40. The normalized spacial score (nSPS) is 15.4. The van der Waals surface area contributed by atoms with Crippen LogP contribution in [0.5, 0.6) is 0 Å². The Morgan fingerprint density at radius 2 is 2.35 bits per heavy atom. The molecular weight excluding hydrogens is 288 g/mol. The van der Waals surface area contributed by atoms with Crippen LogP contribution in [-0.2, 0) is 16.1 Å². The number of hydrogen-bond donors (Lipinski definition) is 2. The van der Waals surface area contributed by atoms with Gasteiger partial charge in [-0.2, -0.15) is 0 Å². The molecule has 17 heavy (non-hydrogen) atoms. The third-order valence-electron chi connectivity index (χ3n) is 2.53. The summed E-state index contributed by atoms with van der Waals surface area (Å²) in [6.07, 6.45) is 0.189. The Hall–Kier alpha value is -0.950.